The summed E-state index contributed by atoms with van der Waals surface area (Å²) in [7, 11) is -3.94. The van der Waals surface area contributed by atoms with Gasteiger partial charge in [0, 0.05) is 30.3 Å². The van der Waals surface area contributed by atoms with E-state index in [0.29, 0.717) is 23.0 Å². The van der Waals surface area contributed by atoms with Gasteiger partial charge in [-0.3, -0.25) is 9.59 Å². The average Bonchev–Trinajstić information content (AvgIpc) is 3.58. The van der Waals surface area contributed by atoms with Crippen LogP contribution in [0.2, 0.25) is 0 Å². The molecule has 0 aromatic carbocycles. The highest BCUT2D eigenvalue weighted by Gasteiger charge is 2.25. The zero-order valence-electron chi connectivity index (χ0n) is 18.2. The second-order valence-electron chi connectivity index (χ2n) is 7.47. The number of hydrogen-bond acceptors (Lipinski definition) is 7. The lowest BCUT2D eigenvalue weighted by Crippen LogP contribution is -2.29. The predicted octanol–water partition coefficient (Wildman–Crippen LogP) is 1.81. The summed E-state index contributed by atoms with van der Waals surface area (Å²) in [5, 5.41) is 12.1. The number of carboxylic acid groups (broad SMARTS) is 1. The normalized spacial score (nSPS) is 14.7. The van der Waals surface area contributed by atoms with Gasteiger partial charge in [-0.1, -0.05) is 13.5 Å². The minimum absolute atomic E-state index is 0.179. The number of nitrogens with one attached hydrogen (secondary N) is 2. The Morgan fingerprint density at radius 2 is 2.06 bits per heavy atom. The minimum Gasteiger partial charge on any atom is -0.480 e. The van der Waals surface area contributed by atoms with Crippen molar-refractivity contribution in [1.29, 1.82) is 0 Å². The SMILES string of the molecule is C=CC(NC(=O)c1cc(N(CCC)CC2CC2)ncn1)=C(C)C=CS(=O)(=O)NCC(=O)O. The number of carbonyl (C=O) groups excluding carboxylic acids is 1. The molecule has 0 saturated heterocycles. The van der Waals surface area contributed by atoms with Crippen molar-refractivity contribution in [3.8, 4) is 0 Å². The van der Waals surface area contributed by atoms with Crippen LogP contribution in [0.1, 0.15) is 43.6 Å². The minimum atomic E-state index is -3.94. The van der Waals surface area contributed by atoms with Crippen molar-refractivity contribution in [2.24, 2.45) is 5.92 Å². The smallest absolute Gasteiger partial charge is 0.318 e. The lowest BCUT2D eigenvalue weighted by Gasteiger charge is -2.23. The third kappa shape index (κ3) is 8.23. The Morgan fingerprint density at radius 1 is 1.34 bits per heavy atom. The highest BCUT2D eigenvalue weighted by molar-refractivity contribution is 7.92. The summed E-state index contributed by atoms with van der Waals surface area (Å²) in [6.07, 6.45) is 7.35. The van der Waals surface area contributed by atoms with E-state index < -0.39 is 28.4 Å². The number of carboxylic acids is 1. The van der Waals surface area contributed by atoms with Gasteiger partial charge >= 0.3 is 5.97 Å². The van der Waals surface area contributed by atoms with Gasteiger partial charge in [-0.05, 0) is 49.8 Å². The van der Waals surface area contributed by atoms with Crippen LogP contribution in [-0.2, 0) is 14.8 Å². The number of allylic oxidation sites excluding steroid dienone is 3. The van der Waals surface area contributed by atoms with Crippen molar-refractivity contribution in [3.05, 3.63) is 53.5 Å². The third-order valence-electron chi connectivity index (χ3n) is 4.68. The van der Waals surface area contributed by atoms with Crippen molar-refractivity contribution in [3.63, 3.8) is 0 Å². The molecule has 1 aromatic heterocycles. The van der Waals surface area contributed by atoms with Gasteiger partial charge in [-0.25, -0.2) is 23.1 Å². The number of aliphatic carboxylic acids is 1. The van der Waals surface area contributed by atoms with Crippen LogP contribution in [0.3, 0.4) is 0 Å². The molecule has 0 unspecified atom stereocenters. The summed E-state index contributed by atoms with van der Waals surface area (Å²) < 4.78 is 25.5. The van der Waals surface area contributed by atoms with Crippen LogP contribution in [0.25, 0.3) is 0 Å². The maximum absolute atomic E-state index is 12.7. The molecule has 0 spiro atoms. The number of anilines is 1. The molecule has 0 radical (unpaired) electrons. The van der Waals surface area contributed by atoms with Gasteiger partial charge in [0.05, 0.1) is 0 Å². The van der Waals surface area contributed by atoms with Crippen LogP contribution in [0.5, 0.6) is 0 Å². The van der Waals surface area contributed by atoms with Crippen molar-refractivity contribution in [1.82, 2.24) is 20.0 Å². The topological polar surface area (TPSA) is 142 Å². The van der Waals surface area contributed by atoms with Crippen LogP contribution < -0.4 is 14.9 Å². The molecule has 0 aliphatic heterocycles. The standard InChI is InChI=1S/C21H29N5O5S/c1-4-9-26(13-16-6-7-16)19-11-18(22-14-23-19)21(29)25-17(5-2)15(3)8-10-32(30,31)24-12-20(27)28/h5,8,10-11,14,16,24H,2,4,6-7,9,12-13H2,1,3H3,(H,25,29)(H,27,28). The Labute approximate surface area is 188 Å². The van der Waals surface area contributed by atoms with Gasteiger partial charge in [0.1, 0.15) is 24.4 Å². The number of amides is 1. The van der Waals surface area contributed by atoms with Crippen LogP contribution in [0, 0.1) is 5.92 Å². The molecule has 1 saturated carbocycles. The molecule has 2 rings (SSSR count). The second kappa shape index (κ2) is 11.5. The first-order valence-electron chi connectivity index (χ1n) is 10.3. The third-order valence-corrected chi connectivity index (χ3v) is 5.72. The number of rotatable bonds is 13. The van der Waals surface area contributed by atoms with Gasteiger partial charge in [-0.2, -0.15) is 0 Å². The number of sulfonamides is 1. The fourth-order valence-electron chi connectivity index (χ4n) is 2.81. The van der Waals surface area contributed by atoms with Gasteiger partial charge in [0.25, 0.3) is 5.91 Å². The number of nitrogens with zero attached hydrogens (tertiary/aromatic N) is 3. The molecule has 3 N–H and O–H groups in total. The molecular formula is C21H29N5O5S. The van der Waals surface area contributed by atoms with E-state index in [0.717, 1.165) is 24.9 Å². The summed E-state index contributed by atoms with van der Waals surface area (Å²) in [5.41, 5.74) is 0.881. The molecule has 11 heteroatoms. The molecule has 32 heavy (non-hydrogen) atoms. The maximum atomic E-state index is 12.7. The first-order chi connectivity index (χ1) is 15.1. The van der Waals surface area contributed by atoms with Crippen LogP contribution >= 0.6 is 0 Å². The number of carbonyl (C=O) groups is 2. The monoisotopic (exact) mass is 463 g/mol. The highest BCUT2D eigenvalue weighted by atomic mass is 32.2. The Hall–Kier alpha value is -3.05. The van der Waals surface area contributed by atoms with E-state index in [9.17, 15) is 18.0 Å². The van der Waals surface area contributed by atoms with Crippen molar-refractivity contribution < 1.29 is 23.1 Å². The van der Waals surface area contributed by atoms with Gasteiger partial charge < -0.3 is 15.3 Å². The summed E-state index contributed by atoms with van der Waals surface area (Å²) in [6, 6.07) is 1.64. The molecule has 174 valence electrons. The molecule has 0 atom stereocenters. The van der Waals surface area contributed by atoms with E-state index in [1.165, 1.54) is 31.3 Å². The highest BCUT2D eigenvalue weighted by Crippen LogP contribution is 2.31. The van der Waals surface area contributed by atoms with Crippen LogP contribution in [-0.4, -0.2) is 55.0 Å². The van der Waals surface area contributed by atoms with E-state index in [2.05, 4.69) is 33.7 Å². The van der Waals surface area contributed by atoms with Crippen LogP contribution in [0.15, 0.2) is 47.8 Å². The molecule has 1 amide bonds. The largest absolute Gasteiger partial charge is 0.480 e. The fourth-order valence-corrected chi connectivity index (χ4v) is 3.62. The first-order valence-corrected chi connectivity index (χ1v) is 11.8. The predicted molar refractivity (Wildman–Crippen MR) is 121 cm³/mol. The quantitative estimate of drug-likeness (QED) is 0.376. The first kappa shape index (κ1) is 25.2. The molecule has 1 aliphatic rings. The molecule has 1 aliphatic carbocycles. The Kier molecular flexibility index (Phi) is 9.09. The van der Waals surface area contributed by atoms with Crippen molar-refractivity contribution in [2.75, 3.05) is 24.5 Å². The van der Waals surface area contributed by atoms with E-state index in [4.69, 9.17) is 5.11 Å². The molecule has 10 nitrogen and oxygen atoms in total. The Morgan fingerprint density at radius 3 is 2.66 bits per heavy atom. The zero-order chi connectivity index (χ0) is 23.7. The second-order valence-corrected chi connectivity index (χ2v) is 9.12. The Balaban J connectivity index is 2.14. The van der Waals surface area contributed by atoms with Crippen molar-refractivity contribution >= 4 is 27.7 Å². The summed E-state index contributed by atoms with van der Waals surface area (Å²) in [5.74, 6) is -0.423. The number of hydrogen-bond donors (Lipinski definition) is 3. The van der Waals surface area contributed by atoms with E-state index in [1.807, 2.05) is 4.72 Å². The zero-order valence-corrected chi connectivity index (χ0v) is 19.1. The van der Waals surface area contributed by atoms with Gasteiger partial charge in [-0.15, -0.1) is 0 Å². The molecule has 1 heterocycles. The van der Waals surface area contributed by atoms with E-state index in [1.54, 1.807) is 13.0 Å². The lowest BCUT2D eigenvalue weighted by molar-refractivity contribution is -0.135. The Bertz CT molecular complexity index is 1020. The van der Waals surface area contributed by atoms with E-state index in [-0.39, 0.29) is 5.69 Å². The maximum Gasteiger partial charge on any atom is 0.318 e. The molecule has 0 bridgehead atoms. The number of aromatic nitrogens is 2. The fraction of sp³-hybridized carbons (Fsp3) is 0.429. The van der Waals surface area contributed by atoms with Crippen LogP contribution in [0.4, 0.5) is 5.82 Å². The average molecular weight is 464 g/mol. The molecule has 1 aromatic rings. The van der Waals surface area contributed by atoms with Gasteiger partial charge in [0.2, 0.25) is 10.0 Å². The van der Waals surface area contributed by atoms with Crippen molar-refractivity contribution in [2.45, 2.75) is 33.1 Å². The summed E-state index contributed by atoms with van der Waals surface area (Å²) in [4.78, 5) is 33.8. The molecule has 1 fully saturated rings. The summed E-state index contributed by atoms with van der Waals surface area (Å²) >= 11 is 0. The lowest BCUT2D eigenvalue weighted by atomic mass is 10.2. The van der Waals surface area contributed by atoms with Gasteiger partial charge in [0.15, 0.2) is 0 Å². The molecular weight excluding hydrogens is 434 g/mol. The summed E-state index contributed by atoms with van der Waals surface area (Å²) in [6.45, 7) is 8.33. The van der Waals surface area contributed by atoms with E-state index >= 15 is 0 Å².